The van der Waals surface area contributed by atoms with Gasteiger partial charge in [0.25, 0.3) is 0 Å². The average Bonchev–Trinajstić information content (AvgIpc) is 2.65. The lowest BCUT2D eigenvalue weighted by atomic mass is 10.2. The third-order valence-electron chi connectivity index (χ3n) is 2.06. The number of nitrogens with zero attached hydrogens (tertiary/aromatic N) is 3. The highest BCUT2D eigenvalue weighted by Crippen LogP contribution is 2.22. The summed E-state index contributed by atoms with van der Waals surface area (Å²) in [6, 6.07) is 3.91. The molecule has 2 rings (SSSR count). The fourth-order valence-electron chi connectivity index (χ4n) is 1.18. The Bertz CT molecular complexity index is 462. The van der Waals surface area contributed by atoms with Crippen molar-refractivity contribution in [3.8, 4) is 0 Å². The minimum Gasteiger partial charge on any atom is -0.324 e. The second kappa shape index (κ2) is 4.63. The SMILES string of the molecule is Cc1nc(Sc2ccc([C@H](C)N)cn2)n[nH]1. The van der Waals surface area contributed by atoms with Gasteiger partial charge in [-0.25, -0.2) is 9.97 Å². The quantitative estimate of drug-likeness (QED) is 0.846. The Morgan fingerprint density at radius 3 is 2.75 bits per heavy atom. The normalized spacial score (nSPS) is 12.7. The van der Waals surface area contributed by atoms with Crippen LogP contribution in [0.5, 0.6) is 0 Å². The molecule has 0 fully saturated rings. The van der Waals surface area contributed by atoms with Gasteiger partial charge in [-0.2, -0.15) is 0 Å². The average molecular weight is 235 g/mol. The molecule has 0 aliphatic carbocycles. The molecule has 0 aromatic carbocycles. The van der Waals surface area contributed by atoms with Crippen molar-refractivity contribution in [1.82, 2.24) is 20.2 Å². The van der Waals surface area contributed by atoms with E-state index in [1.807, 2.05) is 26.0 Å². The molecule has 0 spiro atoms. The molecule has 2 aromatic rings. The number of nitrogens with one attached hydrogen (secondary N) is 1. The van der Waals surface area contributed by atoms with E-state index < -0.39 is 0 Å². The molecule has 2 heterocycles. The monoisotopic (exact) mass is 235 g/mol. The maximum atomic E-state index is 5.74. The summed E-state index contributed by atoms with van der Waals surface area (Å²) in [4.78, 5) is 8.49. The van der Waals surface area contributed by atoms with Gasteiger partial charge in [-0.15, -0.1) is 5.10 Å². The Balaban J connectivity index is 2.11. The fourth-order valence-corrected chi connectivity index (χ4v) is 1.89. The second-order valence-corrected chi connectivity index (χ2v) is 4.51. The maximum Gasteiger partial charge on any atom is 0.214 e. The smallest absolute Gasteiger partial charge is 0.214 e. The second-order valence-electron chi connectivity index (χ2n) is 3.52. The largest absolute Gasteiger partial charge is 0.324 e. The topological polar surface area (TPSA) is 80.5 Å². The van der Waals surface area contributed by atoms with Crippen LogP contribution < -0.4 is 5.73 Å². The molecule has 6 heteroatoms. The zero-order chi connectivity index (χ0) is 11.5. The van der Waals surface area contributed by atoms with E-state index in [4.69, 9.17) is 5.73 Å². The van der Waals surface area contributed by atoms with Crippen LogP contribution in [-0.2, 0) is 0 Å². The van der Waals surface area contributed by atoms with E-state index in [9.17, 15) is 0 Å². The molecule has 2 aromatic heterocycles. The summed E-state index contributed by atoms with van der Waals surface area (Å²) in [5, 5.41) is 8.36. The number of H-pyrrole nitrogens is 1. The molecular formula is C10H13N5S. The maximum absolute atomic E-state index is 5.74. The van der Waals surface area contributed by atoms with Crippen LogP contribution in [0, 0.1) is 6.92 Å². The molecule has 0 bridgehead atoms. The van der Waals surface area contributed by atoms with Crippen LogP contribution in [0.3, 0.4) is 0 Å². The van der Waals surface area contributed by atoms with Gasteiger partial charge in [0.05, 0.1) is 0 Å². The molecule has 16 heavy (non-hydrogen) atoms. The van der Waals surface area contributed by atoms with Gasteiger partial charge in [0.1, 0.15) is 10.9 Å². The van der Waals surface area contributed by atoms with Crippen molar-refractivity contribution in [3.63, 3.8) is 0 Å². The molecule has 1 atom stereocenters. The molecule has 5 nitrogen and oxygen atoms in total. The van der Waals surface area contributed by atoms with E-state index in [0.29, 0.717) is 5.16 Å². The number of hydrogen-bond acceptors (Lipinski definition) is 5. The zero-order valence-corrected chi connectivity index (χ0v) is 9.95. The van der Waals surface area contributed by atoms with Crippen molar-refractivity contribution in [2.24, 2.45) is 5.73 Å². The first-order valence-corrected chi connectivity index (χ1v) is 5.75. The fraction of sp³-hybridized carbons (Fsp3) is 0.300. The Kier molecular flexibility index (Phi) is 3.21. The van der Waals surface area contributed by atoms with Gasteiger partial charge in [0, 0.05) is 12.2 Å². The first kappa shape index (κ1) is 11.1. The molecule has 3 N–H and O–H groups in total. The molecule has 0 aliphatic rings. The summed E-state index contributed by atoms with van der Waals surface area (Å²) >= 11 is 1.42. The molecule has 0 amide bonds. The molecular weight excluding hydrogens is 222 g/mol. The van der Waals surface area contributed by atoms with Crippen molar-refractivity contribution in [2.45, 2.75) is 30.1 Å². The standard InChI is InChI=1S/C10H13N5S/c1-6(11)8-3-4-9(12-5-8)16-10-13-7(2)14-15-10/h3-6H,11H2,1-2H3,(H,13,14,15)/t6-/m0/s1. The van der Waals surface area contributed by atoms with E-state index in [2.05, 4.69) is 20.2 Å². The third-order valence-corrected chi connectivity index (χ3v) is 2.87. The molecule has 0 saturated heterocycles. The summed E-state index contributed by atoms with van der Waals surface area (Å²) in [6.45, 7) is 3.80. The van der Waals surface area contributed by atoms with Gasteiger partial charge in [-0.05, 0) is 37.2 Å². The predicted octanol–water partition coefficient (Wildman–Crippen LogP) is 1.68. The van der Waals surface area contributed by atoms with Crippen LogP contribution in [0.15, 0.2) is 28.5 Å². The highest BCUT2D eigenvalue weighted by atomic mass is 32.2. The third kappa shape index (κ3) is 2.59. The Hall–Kier alpha value is -1.40. The molecule has 0 radical (unpaired) electrons. The summed E-state index contributed by atoms with van der Waals surface area (Å²) in [5.41, 5.74) is 6.77. The van der Waals surface area contributed by atoms with Gasteiger partial charge in [0.15, 0.2) is 0 Å². The van der Waals surface area contributed by atoms with Crippen molar-refractivity contribution in [1.29, 1.82) is 0 Å². The van der Waals surface area contributed by atoms with Crippen LogP contribution in [-0.4, -0.2) is 20.2 Å². The summed E-state index contributed by atoms with van der Waals surface area (Å²) in [5.74, 6) is 0.801. The lowest BCUT2D eigenvalue weighted by molar-refractivity contribution is 0.806. The van der Waals surface area contributed by atoms with Crippen molar-refractivity contribution >= 4 is 11.8 Å². The summed E-state index contributed by atoms with van der Waals surface area (Å²) in [6.07, 6.45) is 1.78. The van der Waals surface area contributed by atoms with Gasteiger partial charge in [-0.3, -0.25) is 5.10 Å². The van der Waals surface area contributed by atoms with Crippen LogP contribution in [0.1, 0.15) is 24.4 Å². The predicted molar refractivity (Wildman–Crippen MR) is 62.1 cm³/mol. The van der Waals surface area contributed by atoms with Crippen molar-refractivity contribution < 1.29 is 0 Å². The van der Waals surface area contributed by atoms with Gasteiger partial charge in [0.2, 0.25) is 5.16 Å². The van der Waals surface area contributed by atoms with Crippen LogP contribution in [0.4, 0.5) is 0 Å². The molecule has 0 unspecified atom stereocenters. The van der Waals surface area contributed by atoms with E-state index in [0.717, 1.165) is 16.4 Å². The highest BCUT2D eigenvalue weighted by Gasteiger charge is 2.05. The van der Waals surface area contributed by atoms with Crippen LogP contribution in [0.2, 0.25) is 0 Å². The van der Waals surface area contributed by atoms with E-state index in [-0.39, 0.29) is 6.04 Å². The number of aromatic amines is 1. The number of pyridine rings is 1. The Labute approximate surface area is 97.9 Å². The minimum atomic E-state index is 0.0114. The molecule has 84 valence electrons. The summed E-state index contributed by atoms with van der Waals surface area (Å²) < 4.78 is 0. The Morgan fingerprint density at radius 2 is 2.25 bits per heavy atom. The van der Waals surface area contributed by atoms with Gasteiger partial charge < -0.3 is 5.73 Å². The van der Waals surface area contributed by atoms with Gasteiger partial charge in [-0.1, -0.05) is 6.07 Å². The number of aryl methyl sites for hydroxylation is 1. The zero-order valence-electron chi connectivity index (χ0n) is 9.14. The van der Waals surface area contributed by atoms with E-state index >= 15 is 0 Å². The molecule has 0 saturated carbocycles. The number of rotatable bonds is 3. The lowest BCUT2D eigenvalue weighted by Gasteiger charge is -2.04. The van der Waals surface area contributed by atoms with Crippen LogP contribution in [0.25, 0.3) is 0 Å². The Morgan fingerprint density at radius 1 is 1.44 bits per heavy atom. The number of nitrogens with two attached hydrogens (primary N) is 1. The number of aromatic nitrogens is 4. The van der Waals surface area contributed by atoms with Gasteiger partial charge >= 0.3 is 0 Å². The summed E-state index contributed by atoms with van der Waals surface area (Å²) in [7, 11) is 0. The van der Waals surface area contributed by atoms with E-state index in [1.54, 1.807) is 6.20 Å². The minimum absolute atomic E-state index is 0.0114. The highest BCUT2D eigenvalue weighted by molar-refractivity contribution is 7.99. The molecule has 0 aliphatic heterocycles. The van der Waals surface area contributed by atoms with E-state index in [1.165, 1.54) is 11.8 Å². The lowest BCUT2D eigenvalue weighted by Crippen LogP contribution is -2.04. The first-order chi connectivity index (χ1) is 7.65. The van der Waals surface area contributed by atoms with Crippen molar-refractivity contribution in [3.05, 3.63) is 29.7 Å². The number of hydrogen-bond donors (Lipinski definition) is 2. The first-order valence-electron chi connectivity index (χ1n) is 4.93. The van der Waals surface area contributed by atoms with Crippen molar-refractivity contribution in [2.75, 3.05) is 0 Å². The van der Waals surface area contributed by atoms with Crippen LogP contribution >= 0.6 is 11.8 Å².